The molecule has 112 heavy (non-hydrogen) atoms. The van der Waals surface area contributed by atoms with E-state index in [1.54, 1.807) is 0 Å². The highest BCUT2D eigenvalue weighted by Crippen LogP contribution is 2.23. The maximum absolute atomic E-state index is 10.2. The van der Waals surface area contributed by atoms with Gasteiger partial charge in [0.1, 0.15) is 40.7 Å². The molecule has 0 aliphatic rings. The first-order valence-corrected chi connectivity index (χ1v) is 37.4. The van der Waals surface area contributed by atoms with Crippen LogP contribution in [0.1, 0.15) is 140 Å². The van der Waals surface area contributed by atoms with E-state index in [1.807, 2.05) is 68.7 Å². The summed E-state index contributed by atoms with van der Waals surface area (Å²) in [6, 6.07) is 41.2. The summed E-state index contributed by atoms with van der Waals surface area (Å²) >= 11 is 3.45. The minimum absolute atomic E-state index is 0. The Labute approximate surface area is 699 Å². The summed E-state index contributed by atoms with van der Waals surface area (Å²) in [6.07, 6.45) is -0.977. The highest BCUT2D eigenvalue weighted by Gasteiger charge is 2.18. The van der Waals surface area contributed by atoms with Crippen LogP contribution < -0.4 is 22.9 Å². The van der Waals surface area contributed by atoms with Gasteiger partial charge in [0.05, 0.1) is 119 Å². The van der Waals surface area contributed by atoms with Crippen molar-refractivity contribution in [1.82, 2.24) is 47.8 Å². The molecule has 29 heteroatoms. The first-order chi connectivity index (χ1) is 51.2. The van der Waals surface area contributed by atoms with Gasteiger partial charge in [-0.15, -0.1) is 0 Å². The molecular formula is C83H125BrN14O10S4. The summed E-state index contributed by atoms with van der Waals surface area (Å²) in [6.45, 7) is 37.6. The average molecular weight is 1690 g/mol. The van der Waals surface area contributed by atoms with Gasteiger partial charge in [-0.3, -0.25) is 0 Å². The molecule has 0 saturated carbocycles. The zero-order valence-corrected chi connectivity index (χ0v) is 73.9. The number of nitrogens with zero attached hydrogens (tertiary/aromatic N) is 10. The van der Waals surface area contributed by atoms with Crippen LogP contribution in [0.25, 0.3) is 17.5 Å². The highest BCUT2D eigenvalue weighted by atomic mass is 79.9. The third-order valence-corrected chi connectivity index (χ3v) is 17.8. The first kappa shape index (κ1) is 103. The molecule has 0 bridgehead atoms. The highest BCUT2D eigenvalue weighted by molar-refractivity contribution is 9.08. The Morgan fingerprint density at radius 2 is 0.679 bits per heavy atom. The Balaban J connectivity index is 0.000000758. The minimum Gasteiger partial charge on any atom is -0.394 e. The molecule has 0 spiro atoms. The quantitative estimate of drug-likeness (QED) is 0.0202. The van der Waals surface area contributed by atoms with E-state index >= 15 is 0 Å². The number of alkyl halides is 1. The molecule has 24 nitrogen and oxygen atoms in total. The van der Waals surface area contributed by atoms with E-state index in [-0.39, 0.29) is 97.5 Å². The van der Waals surface area contributed by atoms with Crippen LogP contribution in [0.3, 0.4) is 0 Å². The molecule has 4 atom stereocenters. The van der Waals surface area contributed by atoms with Crippen LogP contribution >= 0.6 is 69.9 Å². The number of carbonyl (C=O) groups is 2. The summed E-state index contributed by atoms with van der Waals surface area (Å²) in [5.74, 6) is 4.00. The predicted octanol–water partition coefficient (Wildman–Crippen LogP) is 12.3. The lowest BCUT2D eigenvalue weighted by Crippen LogP contribution is -2.29. The third kappa shape index (κ3) is 34.7. The number of carbonyl (C=O) groups excluding carboxylic acids is 2. The molecule has 0 saturated heterocycles. The number of Topliss-reactive ketones (excluding diaryl/α,β-unsaturated/α-hetero) is 2. The molecule has 12 N–H and O–H groups in total. The van der Waals surface area contributed by atoms with Crippen LogP contribution in [0.4, 0.5) is 11.6 Å². The van der Waals surface area contributed by atoms with Gasteiger partial charge in [0, 0.05) is 88.2 Å². The topological polar surface area (TPSA) is 345 Å². The fourth-order valence-electron chi connectivity index (χ4n) is 11.7. The minimum atomic E-state index is -0.731. The lowest BCUT2D eigenvalue weighted by Gasteiger charge is -2.21. The monoisotopic (exact) mass is 1680 g/mol. The fourth-order valence-corrected chi connectivity index (χ4v) is 12.0. The van der Waals surface area contributed by atoms with Crippen molar-refractivity contribution in [2.75, 3.05) is 51.0 Å². The molecule has 0 aliphatic heterocycles. The summed E-state index contributed by atoms with van der Waals surface area (Å²) in [7, 11) is 0. The number of aliphatic hydroxyl groups is 4. The number of nitrogen functional groups attached to an aromatic ring is 2. The lowest BCUT2D eigenvalue weighted by molar-refractivity contribution is -0.122. The maximum atomic E-state index is 10.2. The Bertz CT molecular complexity index is 4310. The summed E-state index contributed by atoms with van der Waals surface area (Å²) in [5.41, 5.74) is 43.9. The zero-order valence-electron chi connectivity index (χ0n) is 68.4. The molecule has 0 aliphatic carbocycles. The zero-order chi connectivity index (χ0) is 79.9. The standard InChI is InChI=1S/C35H43N5O2.C17H25N5O2.C13H15BrN2.C9H15NO2.C6H10O2.C3H9NO2.4H2S/c1-23-15-31(36-34(17-23)39-27(5)11-12-28(39)6)20-41-22-33(19-38-25(3)9-10-26(38)4)42-21-32-16-24(2)18-35(37-32)40-29(7)13-14-30(40)8;1-11-3-13(21-16(19)5-11)8-23-10-15(7-18)24-9-14-4-12(2)6-17(20)22-14;1-9-6-12(8-14)15-13(7-9)16-10(2)4-5-11(16)3;1-7-3-4-8(2)10(7)5-9(12)6-11;1-5(7)3-4-6(2)8;4-1-3(6)2-5;;;;/h9-18,33H,19-22H2,1-8H3;3-6,15H,7-10,18H2,1-2H3,(H2,19,21)(H2,20,22);4-7H,8H2,1-3H3;3-4,9,11-12H,5-6H2,1-2H3;3-4H2,1-2H3;3,5-6H,1-2,4H2;4*1H2/t33-;15-;;9-;;3-;;;;/m00.0.0..../s1. The van der Waals surface area contributed by atoms with Gasteiger partial charge in [0.25, 0.3) is 0 Å². The molecule has 10 rings (SSSR count). The lowest BCUT2D eigenvalue weighted by atomic mass is 10.2. The normalized spacial score (nSPS) is 11.6. The molecule has 618 valence electrons. The largest absolute Gasteiger partial charge is 0.394 e. The van der Waals surface area contributed by atoms with Crippen molar-refractivity contribution in [2.24, 2.45) is 11.5 Å². The summed E-state index contributed by atoms with van der Waals surface area (Å²) in [5, 5.41) is 34.9. The number of aromatic nitrogens is 10. The second-order valence-electron chi connectivity index (χ2n) is 27.5. The SMILES string of the molecule is CC(=O)CCC(C)=O.Cc1cc(CBr)nc(-n2c(C)ccc2C)c1.Cc1cc(COC[C@H](Cn2c(C)ccc2C)OCc2cc(C)cc(-n3c(C)ccc3C)n2)nc(-n2c(C)ccc2C)c1.Cc1cc(N)nc(COC[C@H](CN)OCc2cc(C)cc(N)n2)c1.Cc1ccc(C)n1C[C@H](O)CO.NC[C@H](O)CO.S.S.S.S. The van der Waals surface area contributed by atoms with Crippen LogP contribution in [-0.4, -0.2) is 144 Å². The Morgan fingerprint density at radius 1 is 0.393 bits per heavy atom. The van der Waals surface area contributed by atoms with E-state index in [0.29, 0.717) is 83.8 Å². The fraction of sp³-hybridized carbons (Fsp3) is 0.434. The number of ketones is 2. The van der Waals surface area contributed by atoms with E-state index in [4.69, 9.17) is 67.2 Å². The smallest absolute Gasteiger partial charge is 0.137 e. The molecule has 0 unspecified atom stereocenters. The number of aliphatic hydroxyl groups excluding tert-OH is 4. The number of hydrogen-bond acceptors (Lipinski definition) is 19. The predicted molar refractivity (Wildman–Crippen MR) is 473 cm³/mol. The van der Waals surface area contributed by atoms with E-state index < -0.39 is 12.2 Å². The molecule has 10 aromatic heterocycles. The summed E-state index contributed by atoms with van der Waals surface area (Å²) in [4.78, 5) is 43.4. The Morgan fingerprint density at radius 3 is 0.991 bits per heavy atom. The van der Waals surface area contributed by atoms with Crippen molar-refractivity contribution in [2.45, 2.75) is 200 Å². The van der Waals surface area contributed by atoms with Crippen LogP contribution in [0.2, 0.25) is 0 Å². The van der Waals surface area contributed by atoms with Crippen molar-refractivity contribution >= 4 is 93.1 Å². The van der Waals surface area contributed by atoms with Crippen LogP contribution in [0, 0.1) is 104 Å². The molecule has 0 radical (unpaired) electrons. The first-order valence-electron chi connectivity index (χ1n) is 36.3. The van der Waals surface area contributed by atoms with Crippen molar-refractivity contribution < 1.29 is 49.0 Å². The number of nitrogens with two attached hydrogens (primary N) is 4. The molecule has 10 heterocycles. The maximum Gasteiger partial charge on any atom is 0.137 e. The van der Waals surface area contributed by atoms with E-state index in [1.165, 1.54) is 53.6 Å². The van der Waals surface area contributed by atoms with Crippen LogP contribution in [-0.2, 0) is 73.4 Å². The van der Waals surface area contributed by atoms with Gasteiger partial charge in [-0.05, 0) is 267 Å². The van der Waals surface area contributed by atoms with Gasteiger partial charge in [0.15, 0.2) is 0 Å². The van der Waals surface area contributed by atoms with E-state index in [9.17, 15) is 14.7 Å². The van der Waals surface area contributed by atoms with Crippen LogP contribution in [0.5, 0.6) is 0 Å². The van der Waals surface area contributed by atoms with Gasteiger partial charge < -0.3 is 94.7 Å². The second kappa shape index (κ2) is 52.1. The number of anilines is 2. The third-order valence-electron chi connectivity index (χ3n) is 17.2. The summed E-state index contributed by atoms with van der Waals surface area (Å²) < 4.78 is 35.1. The Kier molecular flexibility index (Phi) is 47.7. The van der Waals surface area contributed by atoms with Crippen molar-refractivity contribution in [3.05, 3.63) is 235 Å². The second-order valence-corrected chi connectivity index (χ2v) is 28.1. The number of hydrogen-bond donors (Lipinski definition) is 8. The van der Waals surface area contributed by atoms with Gasteiger partial charge >= 0.3 is 0 Å². The van der Waals surface area contributed by atoms with Crippen molar-refractivity contribution in [3.63, 3.8) is 0 Å². The number of ether oxygens (including phenoxy) is 4. The molecule has 0 aromatic carbocycles. The van der Waals surface area contributed by atoms with Crippen molar-refractivity contribution in [3.8, 4) is 17.5 Å². The number of rotatable bonds is 29. The van der Waals surface area contributed by atoms with Crippen LogP contribution in [0.15, 0.2) is 121 Å². The molecule has 0 amide bonds. The molecule has 10 aromatic rings. The number of aryl methyl sites for hydroxylation is 15. The van der Waals surface area contributed by atoms with E-state index in [2.05, 4.69) is 210 Å². The average Bonchev–Trinajstić information content (AvgIpc) is 1.65. The van der Waals surface area contributed by atoms with Gasteiger partial charge in [-0.25, -0.2) is 24.9 Å². The number of pyridine rings is 5. The van der Waals surface area contributed by atoms with E-state index in [0.717, 1.165) is 96.3 Å². The Hall–Kier alpha value is -7.43. The number of halogens is 1. The van der Waals surface area contributed by atoms with Gasteiger partial charge in [-0.1, -0.05) is 15.9 Å². The van der Waals surface area contributed by atoms with Gasteiger partial charge in [0.2, 0.25) is 0 Å². The molecular weight excluding hydrogens is 1560 g/mol. The molecule has 0 fully saturated rings. The van der Waals surface area contributed by atoms with Crippen molar-refractivity contribution in [1.29, 1.82) is 0 Å². The van der Waals surface area contributed by atoms with Gasteiger partial charge in [-0.2, -0.15) is 54.0 Å².